The van der Waals surface area contributed by atoms with Crippen LogP contribution >= 0.6 is 0 Å². The van der Waals surface area contributed by atoms with Crippen molar-refractivity contribution in [2.24, 2.45) is 5.92 Å². The number of hydrogen-bond acceptors (Lipinski definition) is 3. The highest BCUT2D eigenvalue weighted by molar-refractivity contribution is 5.90. The Morgan fingerprint density at radius 2 is 1.67 bits per heavy atom. The minimum absolute atomic E-state index is 0.0858. The van der Waals surface area contributed by atoms with Gasteiger partial charge in [0.1, 0.15) is 17.9 Å². The second kappa shape index (κ2) is 9.00. The molecule has 6 nitrogen and oxygen atoms in total. The van der Waals surface area contributed by atoms with Crippen LogP contribution in [0.3, 0.4) is 0 Å². The third-order valence-corrected chi connectivity index (χ3v) is 3.37. The van der Waals surface area contributed by atoms with Gasteiger partial charge in [-0.25, -0.2) is 9.18 Å². The predicted molar refractivity (Wildman–Crippen MR) is 86.7 cm³/mol. The number of carboxylic acid groups (broad SMARTS) is 1. The maximum atomic E-state index is 13.0. The first-order chi connectivity index (χ1) is 11.2. The molecule has 0 aliphatic heterocycles. The second-order valence-electron chi connectivity index (χ2n) is 6.11. The van der Waals surface area contributed by atoms with E-state index in [2.05, 4.69) is 10.6 Å². The van der Waals surface area contributed by atoms with Crippen LogP contribution in [0.15, 0.2) is 24.3 Å². The molecule has 0 saturated heterocycles. The van der Waals surface area contributed by atoms with E-state index < -0.39 is 35.7 Å². The fraction of sp³-hybridized carbons (Fsp3) is 0.471. The van der Waals surface area contributed by atoms with Crippen molar-refractivity contribution in [3.8, 4) is 0 Å². The fourth-order valence-electron chi connectivity index (χ4n) is 2.28. The smallest absolute Gasteiger partial charge is 0.326 e. The molecule has 3 N–H and O–H groups in total. The van der Waals surface area contributed by atoms with Crippen molar-refractivity contribution in [3.63, 3.8) is 0 Å². The Bertz CT molecular complexity index is 587. The zero-order valence-corrected chi connectivity index (χ0v) is 14.0. The van der Waals surface area contributed by atoms with E-state index in [1.165, 1.54) is 31.2 Å². The summed E-state index contributed by atoms with van der Waals surface area (Å²) in [5.74, 6) is -2.43. The van der Waals surface area contributed by atoms with Crippen molar-refractivity contribution in [3.05, 3.63) is 35.6 Å². The zero-order chi connectivity index (χ0) is 18.3. The SMILES string of the molecule is CC(=O)N[C@@H](Cc1ccc(F)cc1)C(=O)N[C@@H](CC(C)C)C(=O)O. The summed E-state index contributed by atoms with van der Waals surface area (Å²) < 4.78 is 13.0. The number of carboxylic acids is 1. The predicted octanol–water partition coefficient (Wildman–Crippen LogP) is 1.49. The molecule has 0 radical (unpaired) electrons. The Kier molecular flexibility index (Phi) is 7.35. The highest BCUT2D eigenvalue weighted by Crippen LogP contribution is 2.09. The summed E-state index contributed by atoms with van der Waals surface area (Å²) in [6.07, 6.45) is 0.421. The van der Waals surface area contributed by atoms with Crippen molar-refractivity contribution in [1.82, 2.24) is 10.6 Å². The molecule has 0 heterocycles. The summed E-state index contributed by atoms with van der Waals surface area (Å²) in [5.41, 5.74) is 0.654. The van der Waals surface area contributed by atoms with Crippen molar-refractivity contribution < 1.29 is 23.9 Å². The Morgan fingerprint density at radius 3 is 2.12 bits per heavy atom. The first-order valence-electron chi connectivity index (χ1n) is 7.73. The van der Waals surface area contributed by atoms with E-state index >= 15 is 0 Å². The third kappa shape index (κ3) is 6.76. The lowest BCUT2D eigenvalue weighted by Gasteiger charge is -2.22. The molecular weight excluding hydrogens is 315 g/mol. The number of amides is 2. The monoisotopic (exact) mass is 338 g/mol. The summed E-state index contributed by atoms with van der Waals surface area (Å²) in [4.78, 5) is 35.0. The molecule has 0 aliphatic carbocycles. The molecule has 7 heteroatoms. The normalized spacial score (nSPS) is 13.2. The average molecular weight is 338 g/mol. The summed E-state index contributed by atoms with van der Waals surface area (Å²) in [6.45, 7) is 4.98. The Balaban J connectivity index is 2.85. The van der Waals surface area contributed by atoms with Gasteiger partial charge < -0.3 is 15.7 Å². The molecule has 0 unspecified atom stereocenters. The van der Waals surface area contributed by atoms with Gasteiger partial charge in [0.15, 0.2) is 0 Å². The second-order valence-corrected chi connectivity index (χ2v) is 6.11. The van der Waals surface area contributed by atoms with E-state index in [4.69, 9.17) is 0 Å². The molecule has 0 aliphatic rings. The summed E-state index contributed by atoms with van der Waals surface area (Å²) in [7, 11) is 0. The Labute approximate surface area is 140 Å². The van der Waals surface area contributed by atoms with E-state index in [0.29, 0.717) is 5.56 Å². The standard InChI is InChI=1S/C17H23FN2O4/c1-10(2)8-15(17(23)24)20-16(22)14(19-11(3)21)9-12-4-6-13(18)7-5-12/h4-7,10,14-15H,8-9H2,1-3H3,(H,19,21)(H,20,22)(H,23,24)/t14-,15-/m0/s1. The maximum absolute atomic E-state index is 13.0. The summed E-state index contributed by atoms with van der Waals surface area (Å²) in [6, 6.07) is 3.60. The van der Waals surface area contributed by atoms with Gasteiger partial charge in [-0.2, -0.15) is 0 Å². The van der Waals surface area contributed by atoms with Crippen LogP contribution in [0.5, 0.6) is 0 Å². The van der Waals surface area contributed by atoms with Gasteiger partial charge >= 0.3 is 5.97 Å². The number of halogens is 1. The number of carbonyl (C=O) groups excluding carboxylic acids is 2. The summed E-state index contributed by atoms with van der Waals surface area (Å²) in [5, 5.41) is 14.2. The van der Waals surface area contributed by atoms with Crippen LogP contribution in [0.1, 0.15) is 32.8 Å². The lowest BCUT2D eigenvalue weighted by atomic mass is 10.0. The molecule has 2 atom stereocenters. The maximum Gasteiger partial charge on any atom is 0.326 e. The molecule has 0 spiro atoms. The molecule has 1 aromatic carbocycles. The highest BCUT2D eigenvalue weighted by Gasteiger charge is 2.26. The minimum atomic E-state index is -1.12. The van der Waals surface area contributed by atoms with Crippen LogP contribution < -0.4 is 10.6 Å². The van der Waals surface area contributed by atoms with Gasteiger partial charge in [-0.15, -0.1) is 0 Å². The number of benzene rings is 1. The minimum Gasteiger partial charge on any atom is -0.480 e. The number of nitrogens with one attached hydrogen (secondary N) is 2. The van der Waals surface area contributed by atoms with Gasteiger partial charge in [0.25, 0.3) is 0 Å². The van der Waals surface area contributed by atoms with Crippen molar-refractivity contribution in [1.29, 1.82) is 0 Å². The number of carbonyl (C=O) groups is 3. The molecule has 1 rings (SSSR count). The van der Waals surface area contributed by atoms with Gasteiger partial charge in [0, 0.05) is 13.3 Å². The van der Waals surface area contributed by atoms with Crippen LogP contribution in [0, 0.1) is 11.7 Å². The largest absolute Gasteiger partial charge is 0.480 e. The molecule has 0 saturated carbocycles. The van der Waals surface area contributed by atoms with Gasteiger partial charge in [-0.3, -0.25) is 9.59 Å². The van der Waals surface area contributed by atoms with Gasteiger partial charge in [0.05, 0.1) is 0 Å². The number of rotatable bonds is 8. The van der Waals surface area contributed by atoms with Gasteiger partial charge in [-0.1, -0.05) is 26.0 Å². The van der Waals surface area contributed by atoms with E-state index in [-0.39, 0.29) is 18.8 Å². The van der Waals surface area contributed by atoms with Crippen LogP contribution in [0.2, 0.25) is 0 Å². The molecular formula is C17H23FN2O4. The van der Waals surface area contributed by atoms with Crippen molar-refractivity contribution in [2.75, 3.05) is 0 Å². The summed E-state index contributed by atoms with van der Waals surface area (Å²) >= 11 is 0. The molecule has 0 fully saturated rings. The topological polar surface area (TPSA) is 95.5 Å². The van der Waals surface area contributed by atoms with Crippen LogP contribution in [0.4, 0.5) is 4.39 Å². The van der Waals surface area contributed by atoms with Gasteiger partial charge in [-0.05, 0) is 30.0 Å². The van der Waals surface area contributed by atoms with E-state index in [0.717, 1.165) is 0 Å². The number of hydrogen-bond donors (Lipinski definition) is 3. The number of aliphatic carboxylic acids is 1. The van der Waals surface area contributed by atoms with Crippen LogP contribution in [-0.4, -0.2) is 35.0 Å². The lowest BCUT2D eigenvalue weighted by Crippen LogP contribution is -2.52. The van der Waals surface area contributed by atoms with Crippen molar-refractivity contribution in [2.45, 2.75) is 45.7 Å². The third-order valence-electron chi connectivity index (χ3n) is 3.37. The van der Waals surface area contributed by atoms with Gasteiger partial charge in [0.2, 0.25) is 11.8 Å². The molecule has 0 aromatic heterocycles. The molecule has 24 heavy (non-hydrogen) atoms. The van der Waals surface area contributed by atoms with E-state index in [1.54, 1.807) is 0 Å². The Hall–Kier alpha value is -2.44. The first kappa shape index (κ1) is 19.6. The zero-order valence-electron chi connectivity index (χ0n) is 14.0. The molecule has 0 bridgehead atoms. The van der Waals surface area contributed by atoms with E-state index in [1.807, 2.05) is 13.8 Å². The highest BCUT2D eigenvalue weighted by atomic mass is 19.1. The van der Waals surface area contributed by atoms with Crippen molar-refractivity contribution >= 4 is 17.8 Å². The van der Waals surface area contributed by atoms with Crippen LogP contribution in [-0.2, 0) is 20.8 Å². The van der Waals surface area contributed by atoms with E-state index in [9.17, 15) is 23.9 Å². The van der Waals surface area contributed by atoms with Crippen LogP contribution in [0.25, 0.3) is 0 Å². The quantitative estimate of drug-likeness (QED) is 0.669. The Morgan fingerprint density at radius 1 is 1.08 bits per heavy atom. The molecule has 1 aromatic rings. The fourth-order valence-corrected chi connectivity index (χ4v) is 2.28. The molecule has 2 amide bonds. The lowest BCUT2D eigenvalue weighted by molar-refractivity contribution is -0.142. The first-order valence-corrected chi connectivity index (χ1v) is 7.73. The average Bonchev–Trinajstić information content (AvgIpc) is 2.47. The molecule has 132 valence electrons.